The highest BCUT2D eigenvalue weighted by atomic mass is 16.5. The molecule has 1 saturated heterocycles. The molecule has 0 radical (unpaired) electrons. The summed E-state index contributed by atoms with van der Waals surface area (Å²) in [5.74, 6) is 1.87. The van der Waals surface area contributed by atoms with Crippen molar-refractivity contribution in [2.75, 3.05) is 39.8 Å². The van der Waals surface area contributed by atoms with Crippen molar-refractivity contribution in [3.05, 3.63) is 53.4 Å². The SMILES string of the molecule is COc1ccccc1C=CCN1CCN(Cc2cc(C)no2)CC1. The fraction of sp³-hybridized carbons (Fsp3) is 0.421. The standard InChI is InChI=1S/C19H25N3O2/c1-16-14-18(24-20-16)15-22-12-10-21(11-13-22)9-5-7-17-6-3-4-8-19(17)23-2/h3-8,14H,9-13,15H2,1-2H3. The first kappa shape index (κ1) is 16.7. The second kappa shape index (κ2) is 8.13. The van der Waals surface area contributed by atoms with Crippen LogP contribution in [0.15, 0.2) is 40.9 Å². The summed E-state index contributed by atoms with van der Waals surface area (Å²) in [4.78, 5) is 4.88. The number of rotatable bonds is 6. The third kappa shape index (κ3) is 4.46. The molecule has 5 nitrogen and oxygen atoms in total. The fourth-order valence-corrected chi connectivity index (χ4v) is 2.97. The van der Waals surface area contributed by atoms with Gasteiger partial charge in [-0.1, -0.05) is 35.5 Å². The van der Waals surface area contributed by atoms with Gasteiger partial charge in [0.05, 0.1) is 19.3 Å². The summed E-state index contributed by atoms with van der Waals surface area (Å²) >= 11 is 0. The van der Waals surface area contributed by atoms with Crippen molar-refractivity contribution in [3.8, 4) is 5.75 Å². The van der Waals surface area contributed by atoms with Crippen LogP contribution in [0, 0.1) is 6.92 Å². The molecule has 0 atom stereocenters. The van der Waals surface area contributed by atoms with Crippen molar-refractivity contribution in [3.63, 3.8) is 0 Å². The van der Waals surface area contributed by atoms with Crippen LogP contribution in [0.25, 0.3) is 6.08 Å². The van der Waals surface area contributed by atoms with E-state index in [1.165, 1.54) is 0 Å². The maximum atomic E-state index is 5.37. The molecule has 0 spiro atoms. The van der Waals surface area contributed by atoms with Crippen molar-refractivity contribution in [2.24, 2.45) is 0 Å². The van der Waals surface area contributed by atoms with Crippen LogP contribution >= 0.6 is 0 Å². The zero-order valence-corrected chi connectivity index (χ0v) is 14.4. The number of hydrogen-bond acceptors (Lipinski definition) is 5. The normalized spacial score (nSPS) is 16.8. The summed E-state index contributed by atoms with van der Waals surface area (Å²) in [5.41, 5.74) is 2.07. The molecule has 0 N–H and O–H groups in total. The van der Waals surface area contributed by atoms with E-state index in [-0.39, 0.29) is 0 Å². The number of nitrogens with zero attached hydrogens (tertiary/aromatic N) is 3. The highest BCUT2D eigenvalue weighted by Gasteiger charge is 2.17. The Kier molecular flexibility index (Phi) is 5.67. The molecule has 1 aromatic heterocycles. The van der Waals surface area contributed by atoms with Gasteiger partial charge in [-0.2, -0.15) is 0 Å². The Morgan fingerprint density at radius 3 is 2.62 bits per heavy atom. The summed E-state index contributed by atoms with van der Waals surface area (Å²) in [6.45, 7) is 8.04. The highest BCUT2D eigenvalue weighted by Crippen LogP contribution is 2.18. The number of para-hydroxylation sites is 1. The van der Waals surface area contributed by atoms with Gasteiger partial charge in [-0.15, -0.1) is 0 Å². The van der Waals surface area contributed by atoms with Gasteiger partial charge in [0.1, 0.15) is 5.75 Å². The maximum absolute atomic E-state index is 5.37. The lowest BCUT2D eigenvalue weighted by molar-refractivity contribution is 0.127. The van der Waals surface area contributed by atoms with E-state index < -0.39 is 0 Å². The van der Waals surface area contributed by atoms with Gasteiger partial charge >= 0.3 is 0 Å². The molecular weight excluding hydrogens is 302 g/mol. The minimum atomic E-state index is 0.853. The van der Waals surface area contributed by atoms with Crippen LogP contribution in [0.3, 0.4) is 0 Å². The molecule has 0 bridgehead atoms. The molecule has 1 aliphatic rings. The summed E-state index contributed by atoms with van der Waals surface area (Å²) in [5, 5.41) is 3.95. The Morgan fingerprint density at radius 2 is 1.92 bits per heavy atom. The van der Waals surface area contributed by atoms with Crippen LogP contribution in [0.1, 0.15) is 17.0 Å². The number of piperazine rings is 1. The Balaban J connectivity index is 1.44. The van der Waals surface area contributed by atoms with Crippen LogP contribution < -0.4 is 4.74 Å². The van der Waals surface area contributed by atoms with Crippen LogP contribution in [0.4, 0.5) is 0 Å². The largest absolute Gasteiger partial charge is 0.496 e. The van der Waals surface area contributed by atoms with Crippen LogP contribution in [-0.2, 0) is 6.54 Å². The number of aromatic nitrogens is 1. The second-order valence-corrected chi connectivity index (χ2v) is 6.16. The maximum Gasteiger partial charge on any atom is 0.150 e. The lowest BCUT2D eigenvalue weighted by Gasteiger charge is -2.33. The van der Waals surface area contributed by atoms with Gasteiger partial charge in [-0.05, 0) is 13.0 Å². The number of methoxy groups -OCH3 is 1. The Morgan fingerprint density at radius 1 is 1.17 bits per heavy atom. The Hall–Kier alpha value is -2.11. The molecule has 1 aliphatic heterocycles. The quantitative estimate of drug-likeness (QED) is 0.816. The molecule has 128 valence electrons. The molecule has 24 heavy (non-hydrogen) atoms. The number of ether oxygens (including phenoxy) is 1. The van der Waals surface area contributed by atoms with E-state index in [9.17, 15) is 0 Å². The van der Waals surface area contributed by atoms with Gasteiger partial charge in [-0.3, -0.25) is 9.80 Å². The van der Waals surface area contributed by atoms with Crippen molar-refractivity contribution >= 4 is 6.08 Å². The van der Waals surface area contributed by atoms with Crippen LogP contribution in [0.2, 0.25) is 0 Å². The van der Waals surface area contributed by atoms with Crippen LogP contribution in [0.5, 0.6) is 5.75 Å². The molecule has 1 fully saturated rings. The van der Waals surface area contributed by atoms with E-state index in [2.05, 4.69) is 33.2 Å². The topological polar surface area (TPSA) is 41.7 Å². The minimum absolute atomic E-state index is 0.853. The van der Waals surface area contributed by atoms with Gasteiger partial charge < -0.3 is 9.26 Å². The summed E-state index contributed by atoms with van der Waals surface area (Å²) < 4.78 is 10.7. The van der Waals surface area contributed by atoms with Gasteiger partial charge in [0.25, 0.3) is 0 Å². The Labute approximate surface area is 143 Å². The first-order chi connectivity index (χ1) is 11.7. The number of hydrogen-bond donors (Lipinski definition) is 0. The van der Waals surface area contributed by atoms with Gasteiger partial charge in [0.2, 0.25) is 0 Å². The molecule has 0 unspecified atom stereocenters. The third-order valence-corrected chi connectivity index (χ3v) is 4.32. The van der Waals surface area contributed by atoms with Gasteiger partial charge in [-0.25, -0.2) is 0 Å². The molecule has 2 aromatic rings. The van der Waals surface area contributed by atoms with E-state index in [4.69, 9.17) is 9.26 Å². The zero-order valence-electron chi connectivity index (χ0n) is 14.4. The molecular formula is C19H25N3O2. The summed E-state index contributed by atoms with van der Waals surface area (Å²) in [7, 11) is 1.71. The summed E-state index contributed by atoms with van der Waals surface area (Å²) in [6, 6.07) is 10.1. The molecule has 0 saturated carbocycles. The van der Waals surface area contributed by atoms with E-state index in [0.717, 1.165) is 62.0 Å². The Bertz CT molecular complexity index is 673. The predicted molar refractivity (Wildman–Crippen MR) is 95.0 cm³/mol. The number of aryl methyl sites for hydroxylation is 1. The zero-order chi connectivity index (χ0) is 16.8. The first-order valence-electron chi connectivity index (χ1n) is 8.41. The lowest BCUT2D eigenvalue weighted by atomic mass is 10.2. The molecule has 3 rings (SSSR count). The first-order valence-corrected chi connectivity index (χ1v) is 8.41. The monoisotopic (exact) mass is 327 g/mol. The molecule has 2 heterocycles. The predicted octanol–water partition coefficient (Wildman–Crippen LogP) is 2.82. The average Bonchev–Trinajstić information content (AvgIpc) is 3.02. The molecule has 0 amide bonds. The smallest absolute Gasteiger partial charge is 0.150 e. The average molecular weight is 327 g/mol. The molecule has 5 heteroatoms. The van der Waals surface area contributed by atoms with E-state index in [1.54, 1.807) is 7.11 Å². The van der Waals surface area contributed by atoms with E-state index in [0.29, 0.717) is 0 Å². The summed E-state index contributed by atoms with van der Waals surface area (Å²) in [6.07, 6.45) is 4.36. The third-order valence-electron chi connectivity index (χ3n) is 4.32. The lowest BCUT2D eigenvalue weighted by Crippen LogP contribution is -2.45. The van der Waals surface area contributed by atoms with Gasteiger partial charge in [0, 0.05) is 44.4 Å². The molecule has 1 aromatic carbocycles. The van der Waals surface area contributed by atoms with Crippen molar-refractivity contribution in [1.82, 2.24) is 15.0 Å². The molecule has 0 aliphatic carbocycles. The van der Waals surface area contributed by atoms with Gasteiger partial charge in [0.15, 0.2) is 5.76 Å². The van der Waals surface area contributed by atoms with E-state index >= 15 is 0 Å². The second-order valence-electron chi connectivity index (χ2n) is 6.16. The van der Waals surface area contributed by atoms with E-state index in [1.807, 2.05) is 31.2 Å². The van der Waals surface area contributed by atoms with Crippen LogP contribution in [-0.4, -0.2) is 54.8 Å². The van der Waals surface area contributed by atoms with Crippen molar-refractivity contribution < 1.29 is 9.26 Å². The fourth-order valence-electron chi connectivity index (χ4n) is 2.97. The highest BCUT2D eigenvalue weighted by molar-refractivity contribution is 5.57. The van der Waals surface area contributed by atoms with Crippen molar-refractivity contribution in [1.29, 1.82) is 0 Å². The minimum Gasteiger partial charge on any atom is -0.496 e. The number of benzene rings is 1. The van der Waals surface area contributed by atoms with Crippen molar-refractivity contribution in [2.45, 2.75) is 13.5 Å².